The van der Waals surface area contributed by atoms with E-state index < -0.39 is 30.1 Å². The van der Waals surface area contributed by atoms with E-state index in [1.54, 1.807) is 30.9 Å². The van der Waals surface area contributed by atoms with Crippen molar-refractivity contribution < 1.29 is 26.7 Å². The molecule has 1 saturated heterocycles. The predicted molar refractivity (Wildman–Crippen MR) is 147 cm³/mol. The number of benzene rings is 2. The first-order valence-corrected chi connectivity index (χ1v) is 12.9. The van der Waals surface area contributed by atoms with Crippen LogP contribution in [0.1, 0.15) is 51.1 Å². The molecular weight excluding hydrogens is 545 g/mol. The van der Waals surface area contributed by atoms with Crippen molar-refractivity contribution in [3.63, 3.8) is 0 Å². The number of carbonyl (C=O) groups excluding carboxylic acids is 1. The van der Waals surface area contributed by atoms with E-state index >= 15 is 0 Å². The fourth-order valence-corrected chi connectivity index (χ4v) is 4.76. The van der Waals surface area contributed by atoms with Gasteiger partial charge in [-0.2, -0.15) is 18.3 Å². The van der Waals surface area contributed by atoms with Crippen LogP contribution in [-0.2, 0) is 19.8 Å². The summed E-state index contributed by atoms with van der Waals surface area (Å²) < 4.78 is 70.4. The number of rotatable bonds is 7. The first-order valence-electron chi connectivity index (χ1n) is 12.9. The molecule has 41 heavy (non-hydrogen) atoms. The van der Waals surface area contributed by atoms with Gasteiger partial charge in [0.1, 0.15) is 0 Å². The van der Waals surface area contributed by atoms with Crippen molar-refractivity contribution in [3.05, 3.63) is 82.3 Å². The number of carbonyl (C=O) groups is 1. The highest BCUT2D eigenvalue weighted by Crippen LogP contribution is 2.34. The van der Waals surface area contributed by atoms with E-state index in [4.69, 9.17) is 11.6 Å². The summed E-state index contributed by atoms with van der Waals surface area (Å²) in [5.41, 5.74) is 8.44. The van der Waals surface area contributed by atoms with Gasteiger partial charge in [0.15, 0.2) is 0 Å². The van der Waals surface area contributed by atoms with Gasteiger partial charge >= 0.3 is 6.18 Å². The van der Waals surface area contributed by atoms with E-state index in [1.165, 1.54) is 34.3 Å². The van der Waals surface area contributed by atoms with Gasteiger partial charge in [-0.1, -0.05) is 6.07 Å². The van der Waals surface area contributed by atoms with Crippen molar-refractivity contribution in [3.8, 4) is 0 Å². The van der Waals surface area contributed by atoms with Crippen LogP contribution in [0.2, 0.25) is 0 Å². The average molecular weight is 578 g/mol. The van der Waals surface area contributed by atoms with Crippen molar-refractivity contribution in [2.24, 2.45) is 18.6 Å². The summed E-state index contributed by atoms with van der Waals surface area (Å²) in [5, 5.41) is 7.92. The Kier molecular flexibility index (Phi) is 8.41. The lowest BCUT2D eigenvalue weighted by molar-refractivity contribution is -0.137. The number of hydrazine groups is 1. The molecule has 13 heteroatoms. The third kappa shape index (κ3) is 7.22. The van der Waals surface area contributed by atoms with Crippen LogP contribution in [0, 0.1) is 13.8 Å². The van der Waals surface area contributed by atoms with Gasteiger partial charge in [-0.25, -0.2) is 14.6 Å². The van der Waals surface area contributed by atoms with Crippen molar-refractivity contribution in [1.82, 2.24) is 14.7 Å². The topological polar surface area (TPSA) is 105 Å². The minimum absolute atomic E-state index is 0.105. The lowest BCUT2D eigenvalue weighted by atomic mass is 10.0. The molecule has 220 valence electrons. The first-order chi connectivity index (χ1) is 19.1. The molecule has 4 rings (SSSR count). The van der Waals surface area contributed by atoms with Crippen molar-refractivity contribution in [1.29, 1.82) is 0 Å². The zero-order chi connectivity index (χ0) is 30.1. The summed E-state index contributed by atoms with van der Waals surface area (Å²) in [4.78, 5) is 14.5. The van der Waals surface area contributed by atoms with Crippen LogP contribution in [0.15, 0.2) is 48.8 Å². The van der Waals surface area contributed by atoms with Gasteiger partial charge in [-0.15, -0.1) is 0 Å². The van der Waals surface area contributed by atoms with E-state index in [1.807, 2.05) is 6.92 Å². The molecule has 0 aliphatic carbocycles. The number of nitrogens with one attached hydrogen (secondary N) is 1. The zero-order valence-electron chi connectivity index (χ0n) is 22.9. The van der Waals surface area contributed by atoms with Crippen LogP contribution >= 0.6 is 0 Å². The molecule has 1 aromatic heterocycles. The molecule has 0 saturated carbocycles. The Hall–Kier alpha value is -3.97. The molecule has 0 bridgehead atoms. The van der Waals surface area contributed by atoms with E-state index in [0.29, 0.717) is 23.5 Å². The van der Waals surface area contributed by atoms with Crippen LogP contribution in [0.25, 0.3) is 5.70 Å². The number of aromatic nitrogens is 2. The number of aryl methyl sites for hydroxylation is 2. The number of amides is 1. The predicted octanol–water partition coefficient (Wildman–Crippen LogP) is 5.18. The van der Waals surface area contributed by atoms with Gasteiger partial charge in [-0.05, 0) is 68.3 Å². The Balaban J connectivity index is 1.57. The molecule has 1 aliphatic rings. The van der Waals surface area contributed by atoms with Crippen LogP contribution in [0.5, 0.6) is 0 Å². The molecule has 2 aromatic carbocycles. The highest BCUT2D eigenvalue weighted by Gasteiger charge is 2.36. The minimum atomic E-state index is -4.70. The van der Waals surface area contributed by atoms with Crippen LogP contribution < -0.4 is 21.9 Å². The van der Waals surface area contributed by atoms with Crippen molar-refractivity contribution in [2.75, 3.05) is 23.4 Å². The lowest BCUT2D eigenvalue weighted by Gasteiger charge is -2.32. The van der Waals surface area contributed by atoms with Crippen LogP contribution in [0.4, 0.5) is 33.3 Å². The third-order valence-electron chi connectivity index (χ3n) is 7.03. The summed E-state index contributed by atoms with van der Waals surface area (Å²) in [6.45, 7) is 3.32. The van der Waals surface area contributed by atoms with Crippen molar-refractivity contribution >= 4 is 23.0 Å². The second-order valence-corrected chi connectivity index (χ2v) is 10.3. The largest absolute Gasteiger partial charge is 0.416 e. The second-order valence-electron chi connectivity index (χ2n) is 10.3. The normalized spacial score (nSPS) is 16.1. The van der Waals surface area contributed by atoms with E-state index in [0.717, 1.165) is 23.4 Å². The number of likely N-dealkylation sites (tertiary alicyclic amines) is 1. The molecule has 5 N–H and O–H groups in total. The highest BCUT2D eigenvalue weighted by molar-refractivity contribution is 6.05. The molecule has 0 radical (unpaired) electrons. The van der Waals surface area contributed by atoms with Crippen molar-refractivity contribution in [2.45, 2.75) is 45.3 Å². The number of halogens is 5. The zero-order valence-corrected chi connectivity index (χ0v) is 22.9. The maximum atomic E-state index is 13.9. The summed E-state index contributed by atoms with van der Waals surface area (Å²) in [5.74, 6) is 2.68. The van der Waals surface area contributed by atoms with Gasteiger partial charge < -0.3 is 11.1 Å². The van der Waals surface area contributed by atoms with E-state index in [2.05, 4.69) is 10.4 Å². The van der Waals surface area contributed by atoms with Crippen LogP contribution in [-0.4, -0.2) is 39.6 Å². The standard InChI is InChI=1S/C28H32F5N7O/c1-17-5-6-20(11-25(17)40(35)15-24(34)23-13-36-38(3)18(23)2)26(41)37-22-10-19(9-21(12-22)28(31,32)33)14-39-8-4-7-27(29,30)16-39/h5-6,9-13,15H,4,7-8,14,16,34-35H2,1-3H3,(H,37,41)/b24-15-. The molecule has 1 amide bonds. The van der Waals surface area contributed by atoms with E-state index in [-0.39, 0.29) is 36.2 Å². The van der Waals surface area contributed by atoms with E-state index in [9.17, 15) is 26.7 Å². The minimum Gasteiger partial charge on any atom is -0.397 e. The molecule has 3 aromatic rings. The Morgan fingerprint density at radius 3 is 2.56 bits per heavy atom. The lowest BCUT2D eigenvalue weighted by Crippen LogP contribution is -2.42. The first kappa shape index (κ1) is 30.0. The Morgan fingerprint density at radius 2 is 1.93 bits per heavy atom. The van der Waals surface area contributed by atoms with Gasteiger partial charge in [0, 0.05) is 48.7 Å². The monoisotopic (exact) mass is 577 g/mol. The Bertz CT molecular complexity index is 1460. The summed E-state index contributed by atoms with van der Waals surface area (Å²) >= 11 is 0. The molecule has 0 atom stereocenters. The number of piperidine rings is 1. The molecule has 0 spiro atoms. The molecule has 2 heterocycles. The Morgan fingerprint density at radius 1 is 1.20 bits per heavy atom. The Labute approximate surface area is 234 Å². The number of hydrogen-bond acceptors (Lipinski definition) is 6. The molecular formula is C28H32F5N7O. The summed E-state index contributed by atoms with van der Waals surface area (Å²) in [7, 11) is 1.78. The summed E-state index contributed by atoms with van der Waals surface area (Å²) in [6, 6.07) is 7.76. The number of nitrogens with two attached hydrogens (primary N) is 2. The number of anilines is 2. The molecule has 8 nitrogen and oxygen atoms in total. The van der Waals surface area contributed by atoms with Gasteiger partial charge in [0.05, 0.1) is 29.7 Å². The third-order valence-corrected chi connectivity index (χ3v) is 7.03. The van der Waals surface area contributed by atoms with Gasteiger partial charge in [0.25, 0.3) is 11.8 Å². The number of alkyl halides is 5. The quantitative estimate of drug-likeness (QED) is 0.203. The number of hydrogen-bond donors (Lipinski definition) is 3. The fourth-order valence-electron chi connectivity index (χ4n) is 4.76. The highest BCUT2D eigenvalue weighted by atomic mass is 19.4. The molecule has 1 fully saturated rings. The smallest absolute Gasteiger partial charge is 0.397 e. The second kappa shape index (κ2) is 11.5. The van der Waals surface area contributed by atoms with Gasteiger partial charge in [0.2, 0.25) is 0 Å². The average Bonchev–Trinajstić information content (AvgIpc) is 3.21. The summed E-state index contributed by atoms with van der Waals surface area (Å²) in [6.07, 6.45) is -1.62. The maximum Gasteiger partial charge on any atom is 0.416 e. The van der Waals surface area contributed by atoms with Gasteiger partial charge in [-0.3, -0.25) is 19.4 Å². The maximum absolute atomic E-state index is 13.9. The molecule has 1 aliphatic heterocycles. The van der Waals surface area contributed by atoms with Crippen LogP contribution in [0.3, 0.4) is 0 Å². The molecule has 0 unspecified atom stereocenters. The number of nitrogens with zero attached hydrogens (tertiary/aromatic N) is 4. The fraction of sp³-hybridized carbons (Fsp3) is 0.357. The SMILES string of the molecule is Cc1ccc(C(=O)Nc2cc(CN3CCCC(F)(F)C3)cc(C(F)(F)F)c2)cc1N(N)/C=C(\N)c1cnn(C)c1C.